The summed E-state index contributed by atoms with van der Waals surface area (Å²) in [7, 11) is 1.11. The van der Waals surface area contributed by atoms with E-state index < -0.39 is 18.2 Å². The Morgan fingerprint density at radius 2 is 1.93 bits per heavy atom. The Balaban J connectivity index is 4.54. The lowest BCUT2D eigenvalue weighted by molar-refractivity contribution is -0.143. The standard InChI is InChI=1S/C8H12F3NO2/c1-5(2)6(7(13)14-3)12-4-8(9,10)11/h4-6H,1-3H3/t6-/m1/s1. The average molecular weight is 211 g/mol. The second-order valence-electron chi connectivity index (χ2n) is 3.03. The normalized spacial score (nSPS) is 14.8. The summed E-state index contributed by atoms with van der Waals surface area (Å²) in [4.78, 5) is 14.1. The van der Waals surface area contributed by atoms with Crippen molar-refractivity contribution in [2.45, 2.75) is 26.1 Å². The van der Waals surface area contributed by atoms with Crippen molar-refractivity contribution in [1.82, 2.24) is 0 Å². The first kappa shape index (κ1) is 12.9. The van der Waals surface area contributed by atoms with Crippen LogP contribution in [0.2, 0.25) is 0 Å². The number of carbonyl (C=O) groups is 1. The van der Waals surface area contributed by atoms with Crippen LogP contribution in [0.5, 0.6) is 0 Å². The molecule has 0 fully saturated rings. The third-order valence-electron chi connectivity index (χ3n) is 1.46. The highest BCUT2D eigenvalue weighted by atomic mass is 19.4. The van der Waals surface area contributed by atoms with Gasteiger partial charge in [-0.2, -0.15) is 13.2 Å². The second-order valence-corrected chi connectivity index (χ2v) is 3.03. The first-order valence-corrected chi connectivity index (χ1v) is 3.97. The minimum atomic E-state index is -4.50. The van der Waals surface area contributed by atoms with Crippen molar-refractivity contribution in [2.75, 3.05) is 7.11 Å². The van der Waals surface area contributed by atoms with Gasteiger partial charge >= 0.3 is 12.1 Å². The number of rotatable bonds is 3. The predicted octanol–water partition coefficient (Wildman–Crippen LogP) is 1.82. The van der Waals surface area contributed by atoms with Crippen LogP contribution in [-0.2, 0) is 9.53 Å². The molecule has 0 radical (unpaired) electrons. The van der Waals surface area contributed by atoms with Gasteiger partial charge in [-0.15, -0.1) is 0 Å². The number of nitrogens with zero attached hydrogens (tertiary/aromatic N) is 1. The van der Waals surface area contributed by atoms with Gasteiger partial charge in [-0.05, 0) is 5.92 Å². The van der Waals surface area contributed by atoms with Crippen LogP contribution in [0.25, 0.3) is 0 Å². The van der Waals surface area contributed by atoms with E-state index in [2.05, 4.69) is 9.73 Å². The molecule has 14 heavy (non-hydrogen) atoms. The van der Waals surface area contributed by atoms with Crippen LogP contribution >= 0.6 is 0 Å². The molecule has 0 aliphatic heterocycles. The molecule has 0 saturated heterocycles. The third-order valence-corrected chi connectivity index (χ3v) is 1.46. The maximum Gasteiger partial charge on any atom is 0.426 e. The van der Waals surface area contributed by atoms with E-state index in [1.165, 1.54) is 0 Å². The van der Waals surface area contributed by atoms with Crippen LogP contribution in [0.4, 0.5) is 13.2 Å². The quantitative estimate of drug-likeness (QED) is 0.527. The van der Waals surface area contributed by atoms with Crippen molar-refractivity contribution in [3.05, 3.63) is 0 Å². The van der Waals surface area contributed by atoms with Gasteiger partial charge in [-0.25, -0.2) is 4.79 Å². The molecule has 3 nitrogen and oxygen atoms in total. The van der Waals surface area contributed by atoms with Crippen molar-refractivity contribution < 1.29 is 22.7 Å². The fraction of sp³-hybridized carbons (Fsp3) is 0.750. The van der Waals surface area contributed by atoms with Crippen molar-refractivity contribution in [3.63, 3.8) is 0 Å². The van der Waals surface area contributed by atoms with E-state index >= 15 is 0 Å². The van der Waals surface area contributed by atoms with Crippen molar-refractivity contribution in [2.24, 2.45) is 10.9 Å². The van der Waals surface area contributed by atoms with E-state index in [4.69, 9.17) is 0 Å². The number of ether oxygens (including phenoxy) is 1. The summed E-state index contributed by atoms with van der Waals surface area (Å²) in [5.41, 5.74) is 0. The Hall–Kier alpha value is -1.07. The van der Waals surface area contributed by atoms with Gasteiger partial charge in [-0.3, -0.25) is 4.99 Å². The fourth-order valence-corrected chi connectivity index (χ4v) is 0.791. The van der Waals surface area contributed by atoms with Crippen LogP contribution in [0.3, 0.4) is 0 Å². The lowest BCUT2D eigenvalue weighted by Crippen LogP contribution is -2.27. The molecule has 82 valence electrons. The number of aliphatic imine (C=N–C) groups is 1. The van der Waals surface area contributed by atoms with E-state index in [9.17, 15) is 18.0 Å². The highest BCUT2D eigenvalue weighted by molar-refractivity contribution is 5.79. The maximum atomic E-state index is 11.7. The lowest BCUT2D eigenvalue weighted by atomic mass is 10.1. The molecule has 0 aromatic rings. The summed E-state index contributed by atoms with van der Waals surface area (Å²) in [6.45, 7) is 3.19. The Labute approximate surface area is 80.0 Å². The Morgan fingerprint density at radius 3 is 2.21 bits per heavy atom. The van der Waals surface area contributed by atoms with Crippen LogP contribution in [0.1, 0.15) is 13.8 Å². The van der Waals surface area contributed by atoms with Crippen molar-refractivity contribution >= 4 is 12.2 Å². The van der Waals surface area contributed by atoms with Crippen LogP contribution in [0.15, 0.2) is 4.99 Å². The molecule has 0 aromatic carbocycles. The first-order valence-electron chi connectivity index (χ1n) is 3.97. The maximum absolute atomic E-state index is 11.7. The Bertz CT molecular complexity index is 223. The molecule has 0 N–H and O–H groups in total. The highest BCUT2D eigenvalue weighted by Gasteiger charge is 2.27. The first-order chi connectivity index (χ1) is 6.28. The molecule has 0 aromatic heterocycles. The van der Waals surface area contributed by atoms with Crippen LogP contribution < -0.4 is 0 Å². The fourth-order valence-electron chi connectivity index (χ4n) is 0.791. The summed E-state index contributed by atoms with van der Waals surface area (Å²) >= 11 is 0. The van der Waals surface area contributed by atoms with Crippen molar-refractivity contribution in [1.29, 1.82) is 0 Å². The van der Waals surface area contributed by atoms with Gasteiger partial charge in [0.05, 0.1) is 7.11 Å². The monoisotopic (exact) mass is 211 g/mol. The van der Waals surface area contributed by atoms with Gasteiger partial charge in [0.1, 0.15) is 12.3 Å². The molecule has 0 heterocycles. The molecule has 0 saturated carbocycles. The lowest BCUT2D eigenvalue weighted by Gasteiger charge is -2.13. The van der Waals surface area contributed by atoms with Crippen LogP contribution in [-0.4, -0.2) is 31.5 Å². The van der Waals surface area contributed by atoms with Gasteiger partial charge in [0.25, 0.3) is 0 Å². The zero-order valence-corrected chi connectivity index (χ0v) is 8.13. The molecular weight excluding hydrogens is 199 g/mol. The van der Waals surface area contributed by atoms with Gasteiger partial charge in [-0.1, -0.05) is 13.8 Å². The molecule has 0 spiro atoms. The number of esters is 1. The predicted molar refractivity (Wildman–Crippen MR) is 45.2 cm³/mol. The van der Waals surface area contributed by atoms with E-state index in [0.717, 1.165) is 7.11 Å². The summed E-state index contributed by atoms with van der Waals surface area (Å²) in [6, 6.07) is -1.10. The summed E-state index contributed by atoms with van der Waals surface area (Å²) in [5.74, 6) is -1.10. The zero-order valence-electron chi connectivity index (χ0n) is 8.13. The average Bonchev–Trinajstić information content (AvgIpc) is 2.01. The van der Waals surface area contributed by atoms with E-state index in [0.29, 0.717) is 0 Å². The molecule has 0 aliphatic rings. The van der Waals surface area contributed by atoms with E-state index in [-0.39, 0.29) is 12.1 Å². The molecule has 0 bridgehead atoms. The summed E-state index contributed by atoms with van der Waals surface area (Å²) in [5, 5.41) is 0. The molecule has 1 atom stereocenters. The molecule has 0 aliphatic carbocycles. The Kier molecular flexibility index (Phi) is 4.59. The topological polar surface area (TPSA) is 38.7 Å². The second kappa shape index (κ2) is 4.97. The molecule has 0 rings (SSSR count). The molecular formula is C8H12F3NO2. The molecule has 0 unspecified atom stereocenters. The number of alkyl halides is 3. The zero-order chi connectivity index (χ0) is 11.4. The van der Waals surface area contributed by atoms with Crippen molar-refractivity contribution in [3.8, 4) is 0 Å². The van der Waals surface area contributed by atoms with E-state index in [1.54, 1.807) is 13.8 Å². The molecule has 6 heteroatoms. The summed E-state index contributed by atoms with van der Waals surface area (Å²) in [6.07, 6.45) is -4.68. The third kappa shape index (κ3) is 4.84. The number of methoxy groups -OCH3 is 1. The van der Waals surface area contributed by atoms with Gasteiger partial charge < -0.3 is 4.74 Å². The van der Waals surface area contributed by atoms with Gasteiger partial charge in [0.2, 0.25) is 0 Å². The number of halogens is 3. The Morgan fingerprint density at radius 1 is 1.43 bits per heavy atom. The number of hydrogen-bond acceptors (Lipinski definition) is 3. The largest absolute Gasteiger partial charge is 0.467 e. The van der Waals surface area contributed by atoms with E-state index in [1.807, 2.05) is 0 Å². The summed E-state index contributed by atoms with van der Waals surface area (Å²) < 4.78 is 39.6. The van der Waals surface area contributed by atoms with Crippen LogP contribution in [0, 0.1) is 5.92 Å². The van der Waals surface area contributed by atoms with Gasteiger partial charge in [0, 0.05) is 0 Å². The van der Waals surface area contributed by atoms with Gasteiger partial charge in [0.15, 0.2) is 0 Å². The minimum absolute atomic E-state index is 0.186. The molecule has 0 amide bonds. The SMILES string of the molecule is COC(=O)[C@H](N=CC(F)(F)F)C(C)C. The highest BCUT2D eigenvalue weighted by Crippen LogP contribution is 2.14. The smallest absolute Gasteiger partial charge is 0.426 e. The number of carbonyl (C=O) groups excluding carboxylic acids is 1. The number of hydrogen-bond donors (Lipinski definition) is 0. The minimum Gasteiger partial charge on any atom is -0.467 e.